The highest BCUT2D eigenvalue weighted by Gasteiger charge is 2.13. The average molecular weight is 174 g/mol. The first-order chi connectivity index (χ1) is 5.54. The van der Waals surface area contributed by atoms with E-state index in [1.807, 2.05) is 0 Å². The van der Waals surface area contributed by atoms with Gasteiger partial charge in [-0.2, -0.15) is 0 Å². The van der Waals surface area contributed by atoms with Crippen LogP contribution in [0.4, 0.5) is 8.78 Å². The molecule has 0 aliphatic carbocycles. The summed E-state index contributed by atoms with van der Waals surface area (Å²) in [6.45, 7) is 1.23. The maximum atomic E-state index is 13.0. The first-order valence-electron chi connectivity index (χ1n) is 3.34. The molecular weight excluding hydrogens is 166 g/mol. The fraction of sp³-hybridized carbons (Fsp3) is 0.250. The summed E-state index contributed by atoms with van der Waals surface area (Å²) in [7, 11) is 0. The molecule has 2 N–H and O–H groups in total. The molecule has 0 amide bonds. The van der Waals surface area contributed by atoms with Gasteiger partial charge in [0.2, 0.25) is 0 Å². The molecule has 0 spiro atoms. The van der Waals surface area contributed by atoms with Crippen molar-refractivity contribution in [1.82, 2.24) is 0 Å². The third-order valence-corrected chi connectivity index (χ3v) is 1.63. The smallest absolute Gasteiger partial charge is 0.181 e. The minimum absolute atomic E-state index is 0.208. The van der Waals surface area contributed by atoms with Gasteiger partial charge in [0, 0.05) is 11.1 Å². The fourth-order valence-electron chi connectivity index (χ4n) is 0.882. The van der Waals surface area contributed by atoms with Crippen LogP contribution in [-0.4, -0.2) is 10.2 Å². The maximum Gasteiger partial charge on any atom is 0.181 e. The summed E-state index contributed by atoms with van der Waals surface area (Å²) in [6, 6.07) is 2.00. The lowest BCUT2D eigenvalue weighted by Gasteiger charge is -2.07. The van der Waals surface area contributed by atoms with E-state index in [9.17, 15) is 8.78 Å². The Kier molecular flexibility index (Phi) is 2.40. The van der Waals surface area contributed by atoms with E-state index < -0.39 is 17.9 Å². The Balaban J connectivity index is 3.27. The number of rotatable bonds is 1. The van der Waals surface area contributed by atoms with Gasteiger partial charge in [-0.05, 0) is 19.1 Å². The topological polar surface area (TPSA) is 40.5 Å². The number of benzene rings is 1. The number of hydrogen-bond acceptors (Lipinski definition) is 2. The Bertz CT molecular complexity index is 297. The van der Waals surface area contributed by atoms with Crippen LogP contribution in [0.3, 0.4) is 0 Å². The van der Waals surface area contributed by atoms with Crippen LogP contribution in [-0.2, 0) is 0 Å². The second-order valence-corrected chi connectivity index (χ2v) is 2.45. The minimum Gasteiger partial charge on any atom is -0.364 e. The molecule has 0 aliphatic heterocycles. The molecule has 66 valence electrons. The summed E-state index contributed by atoms with van der Waals surface area (Å²) in [4.78, 5) is 0. The number of halogens is 2. The van der Waals surface area contributed by atoms with Gasteiger partial charge in [-0.1, -0.05) is 0 Å². The second-order valence-electron chi connectivity index (χ2n) is 2.45. The molecule has 0 unspecified atom stereocenters. The Morgan fingerprint density at radius 1 is 1.25 bits per heavy atom. The van der Waals surface area contributed by atoms with Crippen molar-refractivity contribution in [2.75, 3.05) is 0 Å². The van der Waals surface area contributed by atoms with Crippen molar-refractivity contribution < 1.29 is 19.0 Å². The summed E-state index contributed by atoms with van der Waals surface area (Å²) < 4.78 is 25.6. The molecule has 0 atom stereocenters. The quantitative estimate of drug-likeness (QED) is 0.629. The van der Waals surface area contributed by atoms with Crippen LogP contribution in [0.1, 0.15) is 17.4 Å². The Hall–Kier alpha value is -1.00. The van der Waals surface area contributed by atoms with Gasteiger partial charge in [0.15, 0.2) is 6.29 Å². The van der Waals surface area contributed by atoms with E-state index in [1.165, 1.54) is 6.92 Å². The van der Waals surface area contributed by atoms with E-state index in [-0.39, 0.29) is 11.1 Å². The molecule has 0 saturated carbocycles. The zero-order valence-electron chi connectivity index (χ0n) is 6.38. The van der Waals surface area contributed by atoms with Crippen LogP contribution in [0.25, 0.3) is 0 Å². The van der Waals surface area contributed by atoms with Gasteiger partial charge in [-0.15, -0.1) is 0 Å². The number of hydrogen-bond donors (Lipinski definition) is 2. The van der Waals surface area contributed by atoms with E-state index in [4.69, 9.17) is 10.2 Å². The van der Waals surface area contributed by atoms with Gasteiger partial charge < -0.3 is 10.2 Å². The molecule has 12 heavy (non-hydrogen) atoms. The molecule has 0 radical (unpaired) electrons. The molecule has 0 aliphatic rings. The largest absolute Gasteiger partial charge is 0.364 e. The molecule has 0 saturated heterocycles. The van der Waals surface area contributed by atoms with E-state index in [1.54, 1.807) is 0 Å². The Morgan fingerprint density at radius 2 is 1.83 bits per heavy atom. The lowest BCUT2D eigenvalue weighted by Crippen LogP contribution is -2.02. The summed E-state index contributed by atoms with van der Waals surface area (Å²) in [5, 5.41) is 17.2. The molecule has 2 nitrogen and oxygen atoms in total. The normalized spacial score (nSPS) is 10.8. The lowest BCUT2D eigenvalue weighted by molar-refractivity contribution is -0.0450. The zero-order chi connectivity index (χ0) is 9.30. The number of aliphatic hydroxyl groups is 2. The third kappa shape index (κ3) is 1.44. The zero-order valence-corrected chi connectivity index (χ0v) is 6.38. The average Bonchev–Trinajstić information content (AvgIpc) is 2.00. The highest BCUT2D eigenvalue weighted by atomic mass is 19.1. The standard InChI is InChI=1S/C8H8F2O2/c1-4-6(9)3-2-5(7(4)10)8(11)12/h2-3,8,11-12H,1H3. The Labute approximate surface area is 68.1 Å². The summed E-state index contributed by atoms with van der Waals surface area (Å²) in [6.07, 6.45) is -1.90. The summed E-state index contributed by atoms with van der Waals surface area (Å²) >= 11 is 0. The molecule has 0 bridgehead atoms. The van der Waals surface area contributed by atoms with Gasteiger partial charge in [0.05, 0.1) is 0 Å². The summed E-state index contributed by atoms with van der Waals surface area (Å²) in [5.41, 5.74) is -0.519. The maximum absolute atomic E-state index is 13.0. The minimum atomic E-state index is -1.90. The van der Waals surface area contributed by atoms with Crippen LogP contribution in [0.5, 0.6) is 0 Å². The van der Waals surface area contributed by atoms with Crippen LogP contribution in [0, 0.1) is 18.6 Å². The predicted octanol–water partition coefficient (Wildman–Crippen LogP) is 1.26. The van der Waals surface area contributed by atoms with Crippen molar-refractivity contribution in [2.45, 2.75) is 13.2 Å². The molecule has 1 rings (SSSR count). The van der Waals surface area contributed by atoms with Crippen molar-refractivity contribution in [3.8, 4) is 0 Å². The van der Waals surface area contributed by atoms with Crippen molar-refractivity contribution in [3.63, 3.8) is 0 Å². The van der Waals surface area contributed by atoms with Crippen LogP contribution in [0.15, 0.2) is 12.1 Å². The lowest BCUT2D eigenvalue weighted by atomic mass is 10.1. The van der Waals surface area contributed by atoms with Crippen LogP contribution in [0.2, 0.25) is 0 Å². The van der Waals surface area contributed by atoms with E-state index in [0.717, 1.165) is 12.1 Å². The third-order valence-electron chi connectivity index (χ3n) is 1.63. The molecule has 1 aromatic carbocycles. The van der Waals surface area contributed by atoms with E-state index in [2.05, 4.69) is 0 Å². The van der Waals surface area contributed by atoms with Crippen molar-refractivity contribution in [1.29, 1.82) is 0 Å². The first kappa shape index (κ1) is 9.09. The van der Waals surface area contributed by atoms with Crippen molar-refractivity contribution in [2.24, 2.45) is 0 Å². The molecule has 0 fully saturated rings. The van der Waals surface area contributed by atoms with Gasteiger partial charge in [-0.25, -0.2) is 8.78 Å². The Morgan fingerprint density at radius 3 is 2.33 bits per heavy atom. The van der Waals surface area contributed by atoms with Gasteiger partial charge in [0.1, 0.15) is 11.6 Å². The highest BCUT2D eigenvalue weighted by Crippen LogP contribution is 2.19. The van der Waals surface area contributed by atoms with Crippen molar-refractivity contribution in [3.05, 3.63) is 34.9 Å². The first-order valence-corrected chi connectivity index (χ1v) is 3.34. The highest BCUT2D eigenvalue weighted by molar-refractivity contribution is 5.26. The molecule has 0 heterocycles. The summed E-state index contributed by atoms with van der Waals surface area (Å²) in [5.74, 6) is -1.61. The van der Waals surface area contributed by atoms with Gasteiger partial charge in [0.25, 0.3) is 0 Å². The van der Waals surface area contributed by atoms with Gasteiger partial charge >= 0.3 is 0 Å². The van der Waals surface area contributed by atoms with Crippen LogP contribution < -0.4 is 0 Å². The number of aliphatic hydroxyl groups excluding tert-OH is 1. The SMILES string of the molecule is Cc1c(F)ccc(C(O)O)c1F. The van der Waals surface area contributed by atoms with E-state index >= 15 is 0 Å². The molecule has 1 aromatic rings. The molecular formula is C8H8F2O2. The predicted molar refractivity (Wildman–Crippen MR) is 38.3 cm³/mol. The molecule has 0 aromatic heterocycles. The van der Waals surface area contributed by atoms with E-state index in [0.29, 0.717) is 0 Å². The second kappa shape index (κ2) is 3.16. The van der Waals surface area contributed by atoms with Crippen LogP contribution >= 0.6 is 0 Å². The molecule has 4 heteroatoms. The monoisotopic (exact) mass is 174 g/mol. The fourth-order valence-corrected chi connectivity index (χ4v) is 0.882. The van der Waals surface area contributed by atoms with Crippen molar-refractivity contribution >= 4 is 0 Å². The van der Waals surface area contributed by atoms with Gasteiger partial charge in [-0.3, -0.25) is 0 Å².